The summed E-state index contributed by atoms with van der Waals surface area (Å²) in [6, 6.07) is 0. The molecule has 0 aliphatic heterocycles. The number of nitrogens with one attached hydrogen (secondary N) is 1. The molecule has 1 heterocycles. The third-order valence-electron chi connectivity index (χ3n) is 5.65. The number of rotatable bonds is 4. The number of carbonyl (C=O) groups is 1. The molecule has 4 bridgehead atoms. The quantitative estimate of drug-likeness (QED) is 0.926. The van der Waals surface area contributed by atoms with Gasteiger partial charge in [0.2, 0.25) is 5.91 Å². The fourth-order valence-corrected chi connectivity index (χ4v) is 5.76. The molecule has 1 amide bonds. The molecule has 4 fully saturated rings. The van der Waals surface area contributed by atoms with E-state index in [1.807, 2.05) is 11.6 Å². The average Bonchev–Trinajstić information content (AvgIpc) is 2.90. The van der Waals surface area contributed by atoms with E-state index >= 15 is 0 Å². The highest BCUT2D eigenvalue weighted by molar-refractivity contribution is 7.09. The van der Waals surface area contributed by atoms with Crippen molar-refractivity contribution in [2.75, 3.05) is 6.54 Å². The Hall–Kier alpha value is -0.900. The molecule has 5 rings (SSSR count). The SMILES string of the molecule is O=C(NCCc1nccs1)C1C2CC3CC(C2)CC1C3. The Labute approximate surface area is 124 Å². The summed E-state index contributed by atoms with van der Waals surface area (Å²) in [4.78, 5) is 16.8. The fraction of sp³-hybridized carbons (Fsp3) is 0.750. The van der Waals surface area contributed by atoms with E-state index in [4.69, 9.17) is 0 Å². The van der Waals surface area contributed by atoms with Gasteiger partial charge in [-0.15, -0.1) is 11.3 Å². The second-order valence-electron chi connectivity index (χ2n) is 6.92. The maximum Gasteiger partial charge on any atom is 0.223 e. The summed E-state index contributed by atoms with van der Waals surface area (Å²) in [5.41, 5.74) is 0. The van der Waals surface area contributed by atoms with Crippen LogP contribution < -0.4 is 5.32 Å². The maximum absolute atomic E-state index is 12.5. The molecule has 0 saturated heterocycles. The van der Waals surface area contributed by atoms with Crippen LogP contribution in [0.1, 0.15) is 37.1 Å². The van der Waals surface area contributed by atoms with E-state index in [9.17, 15) is 4.79 Å². The smallest absolute Gasteiger partial charge is 0.223 e. The van der Waals surface area contributed by atoms with Gasteiger partial charge in [-0.05, 0) is 55.8 Å². The third kappa shape index (κ3) is 2.28. The van der Waals surface area contributed by atoms with Crippen LogP contribution >= 0.6 is 11.3 Å². The van der Waals surface area contributed by atoms with Crippen molar-refractivity contribution in [2.45, 2.75) is 38.5 Å². The standard InChI is InChI=1S/C16H22N2OS/c19-16(18-2-1-14-17-3-4-20-14)15-12-6-10-5-11(8-12)9-13(15)7-10/h3-4,10-13,15H,1-2,5-9H2,(H,18,19). The van der Waals surface area contributed by atoms with Crippen molar-refractivity contribution < 1.29 is 4.79 Å². The minimum Gasteiger partial charge on any atom is -0.355 e. The molecule has 0 radical (unpaired) electrons. The first-order valence-corrected chi connectivity index (χ1v) is 8.83. The topological polar surface area (TPSA) is 42.0 Å². The lowest BCUT2D eigenvalue weighted by atomic mass is 9.51. The zero-order valence-electron chi connectivity index (χ0n) is 11.8. The molecule has 4 aliphatic rings. The highest BCUT2D eigenvalue weighted by Gasteiger charge is 2.50. The second-order valence-corrected chi connectivity index (χ2v) is 7.90. The summed E-state index contributed by atoms with van der Waals surface area (Å²) in [7, 11) is 0. The zero-order valence-corrected chi connectivity index (χ0v) is 12.6. The highest BCUT2D eigenvalue weighted by atomic mass is 32.1. The van der Waals surface area contributed by atoms with Crippen LogP contribution in [0.15, 0.2) is 11.6 Å². The molecule has 108 valence electrons. The lowest BCUT2D eigenvalue weighted by Crippen LogP contribution is -2.51. The zero-order chi connectivity index (χ0) is 13.5. The fourth-order valence-electron chi connectivity index (χ4n) is 5.14. The van der Waals surface area contributed by atoms with E-state index in [2.05, 4.69) is 10.3 Å². The van der Waals surface area contributed by atoms with Gasteiger partial charge in [0.05, 0.1) is 5.01 Å². The number of hydrogen-bond acceptors (Lipinski definition) is 3. The Morgan fingerprint density at radius 1 is 1.20 bits per heavy atom. The molecule has 0 aromatic carbocycles. The summed E-state index contributed by atoms with van der Waals surface area (Å²) < 4.78 is 0. The van der Waals surface area contributed by atoms with Gasteiger partial charge in [0, 0.05) is 30.5 Å². The molecule has 1 aromatic heterocycles. The minimum atomic E-state index is 0.319. The van der Waals surface area contributed by atoms with E-state index in [0.29, 0.717) is 23.7 Å². The van der Waals surface area contributed by atoms with Crippen LogP contribution in [0.3, 0.4) is 0 Å². The molecule has 1 N–H and O–H groups in total. The van der Waals surface area contributed by atoms with Crippen molar-refractivity contribution in [3.8, 4) is 0 Å². The van der Waals surface area contributed by atoms with Gasteiger partial charge < -0.3 is 5.32 Å². The van der Waals surface area contributed by atoms with Gasteiger partial charge in [0.15, 0.2) is 0 Å². The van der Waals surface area contributed by atoms with Crippen LogP contribution in [0.25, 0.3) is 0 Å². The third-order valence-corrected chi connectivity index (χ3v) is 6.49. The number of carbonyl (C=O) groups excluding carboxylic acids is 1. The average molecular weight is 290 g/mol. The van der Waals surface area contributed by atoms with Crippen molar-refractivity contribution >= 4 is 17.2 Å². The number of hydrogen-bond donors (Lipinski definition) is 1. The molecule has 0 atom stereocenters. The van der Waals surface area contributed by atoms with E-state index in [1.165, 1.54) is 32.1 Å². The van der Waals surface area contributed by atoms with Gasteiger partial charge in [-0.2, -0.15) is 0 Å². The molecule has 0 spiro atoms. The number of aromatic nitrogens is 1. The molecule has 0 unspecified atom stereocenters. The van der Waals surface area contributed by atoms with Crippen LogP contribution in [0.2, 0.25) is 0 Å². The first-order chi connectivity index (χ1) is 9.79. The number of thiazole rings is 1. The summed E-state index contributed by atoms with van der Waals surface area (Å²) >= 11 is 1.67. The monoisotopic (exact) mass is 290 g/mol. The molecule has 20 heavy (non-hydrogen) atoms. The van der Waals surface area contributed by atoms with Gasteiger partial charge in [-0.25, -0.2) is 4.98 Å². The molecule has 3 nitrogen and oxygen atoms in total. The Morgan fingerprint density at radius 3 is 2.50 bits per heavy atom. The second kappa shape index (κ2) is 5.14. The van der Waals surface area contributed by atoms with Gasteiger partial charge in [0.25, 0.3) is 0 Å². The summed E-state index contributed by atoms with van der Waals surface area (Å²) in [6.45, 7) is 0.745. The Balaban J connectivity index is 1.34. The van der Waals surface area contributed by atoms with Crippen molar-refractivity contribution in [3.05, 3.63) is 16.6 Å². The summed E-state index contributed by atoms with van der Waals surface area (Å²) in [6.07, 6.45) is 9.42. The van der Waals surface area contributed by atoms with Gasteiger partial charge in [-0.3, -0.25) is 4.79 Å². The lowest BCUT2D eigenvalue weighted by Gasteiger charge is -2.53. The molecule has 1 aromatic rings. The van der Waals surface area contributed by atoms with Crippen LogP contribution in [0, 0.1) is 29.6 Å². The van der Waals surface area contributed by atoms with Crippen LogP contribution in [0.4, 0.5) is 0 Å². The molecular weight excluding hydrogens is 268 g/mol. The largest absolute Gasteiger partial charge is 0.355 e. The van der Waals surface area contributed by atoms with Crippen LogP contribution in [0.5, 0.6) is 0 Å². The van der Waals surface area contributed by atoms with E-state index in [1.54, 1.807) is 11.3 Å². The molecular formula is C16H22N2OS. The molecule has 4 saturated carbocycles. The summed E-state index contributed by atoms with van der Waals surface area (Å²) in [5.74, 6) is 3.90. The predicted octanol–water partition coefficient (Wildman–Crippen LogP) is 2.87. The van der Waals surface area contributed by atoms with Crippen molar-refractivity contribution in [1.29, 1.82) is 0 Å². The minimum absolute atomic E-state index is 0.319. The van der Waals surface area contributed by atoms with E-state index < -0.39 is 0 Å². The van der Waals surface area contributed by atoms with Crippen LogP contribution in [-0.4, -0.2) is 17.4 Å². The Bertz CT molecular complexity index is 457. The maximum atomic E-state index is 12.5. The highest BCUT2D eigenvalue weighted by Crippen LogP contribution is 2.56. The van der Waals surface area contributed by atoms with Gasteiger partial charge in [0.1, 0.15) is 0 Å². The summed E-state index contributed by atoms with van der Waals surface area (Å²) in [5, 5.41) is 6.29. The number of nitrogens with zero attached hydrogens (tertiary/aromatic N) is 1. The Morgan fingerprint density at radius 2 is 1.90 bits per heavy atom. The van der Waals surface area contributed by atoms with Crippen LogP contribution in [-0.2, 0) is 11.2 Å². The molecule has 4 heteroatoms. The lowest BCUT2D eigenvalue weighted by molar-refractivity contribution is -0.138. The van der Waals surface area contributed by atoms with E-state index in [0.717, 1.165) is 29.8 Å². The predicted molar refractivity (Wildman–Crippen MR) is 79.4 cm³/mol. The first kappa shape index (κ1) is 12.8. The Kier molecular flexibility index (Phi) is 3.29. The van der Waals surface area contributed by atoms with Gasteiger partial charge in [-0.1, -0.05) is 0 Å². The normalized spacial score (nSPS) is 38.1. The molecule has 4 aliphatic carbocycles. The first-order valence-electron chi connectivity index (χ1n) is 7.95. The number of amides is 1. The van der Waals surface area contributed by atoms with Crippen molar-refractivity contribution in [1.82, 2.24) is 10.3 Å². The van der Waals surface area contributed by atoms with Crippen molar-refractivity contribution in [3.63, 3.8) is 0 Å². The van der Waals surface area contributed by atoms with Gasteiger partial charge >= 0.3 is 0 Å². The van der Waals surface area contributed by atoms with E-state index in [-0.39, 0.29) is 0 Å². The van der Waals surface area contributed by atoms with Crippen molar-refractivity contribution in [2.24, 2.45) is 29.6 Å².